The van der Waals surface area contributed by atoms with Crippen molar-refractivity contribution in [2.75, 3.05) is 13.1 Å². The van der Waals surface area contributed by atoms with Crippen LogP contribution in [0.2, 0.25) is 0 Å². The first kappa shape index (κ1) is 9.50. The lowest BCUT2D eigenvalue weighted by molar-refractivity contribution is -0.137. The third kappa shape index (κ3) is 2.43. The van der Waals surface area contributed by atoms with E-state index in [1.165, 1.54) is 0 Å². The first-order chi connectivity index (χ1) is 6.11. The fraction of sp³-hybridized carbons (Fsp3) is 0.571. The Hall–Kier alpha value is -1.59. The number of nitrogens with one attached hydrogen (secondary N) is 1. The average molecular weight is 186 g/mol. The van der Waals surface area contributed by atoms with Gasteiger partial charge >= 0.3 is 12.0 Å². The normalized spacial score (nSPS) is 16.2. The SMILES string of the molecule is O=C(O)CCCN1C(=O)CNC1=O. The van der Waals surface area contributed by atoms with Gasteiger partial charge in [0.05, 0.1) is 6.54 Å². The Labute approximate surface area is 74.5 Å². The Morgan fingerprint density at radius 2 is 2.23 bits per heavy atom. The van der Waals surface area contributed by atoms with Crippen LogP contribution in [0.25, 0.3) is 0 Å². The summed E-state index contributed by atoms with van der Waals surface area (Å²) in [5, 5.41) is 10.7. The summed E-state index contributed by atoms with van der Waals surface area (Å²) >= 11 is 0. The molecule has 0 aromatic heterocycles. The zero-order valence-corrected chi connectivity index (χ0v) is 6.95. The van der Waals surface area contributed by atoms with Crippen LogP contribution in [0, 0.1) is 0 Å². The van der Waals surface area contributed by atoms with Crippen molar-refractivity contribution in [2.24, 2.45) is 0 Å². The highest BCUT2D eigenvalue weighted by Crippen LogP contribution is 2.01. The Bertz CT molecular complexity index is 235. The van der Waals surface area contributed by atoms with E-state index in [0.29, 0.717) is 6.42 Å². The molecule has 1 aliphatic rings. The van der Waals surface area contributed by atoms with E-state index in [9.17, 15) is 14.4 Å². The van der Waals surface area contributed by atoms with Gasteiger partial charge in [0.15, 0.2) is 0 Å². The molecule has 1 rings (SSSR count). The first-order valence-corrected chi connectivity index (χ1v) is 3.91. The van der Waals surface area contributed by atoms with Crippen LogP contribution in [0.4, 0.5) is 4.79 Å². The van der Waals surface area contributed by atoms with E-state index >= 15 is 0 Å². The van der Waals surface area contributed by atoms with Gasteiger partial charge < -0.3 is 10.4 Å². The maximum Gasteiger partial charge on any atom is 0.324 e. The van der Waals surface area contributed by atoms with Gasteiger partial charge in [-0.3, -0.25) is 14.5 Å². The van der Waals surface area contributed by atoms with Crippen LogP contribution >= 0.6 is 0 Å². The number of carbonyl (C=O) groups is 3. The van der Waals surface area contributed by atoms with Crippen molar-refractivity contribution >= 4 is 17.9 Å². The number of amides is 3. The summed E-state index contributed by atoms with van der Waals surface area (Å²) in [6.45, 7) is 0.197. The molecule has 0 spiro atoms. The molecule has 0 aliphatic carbocycles. The molecule has 3 amide bonds. The Balaban J connectivity index is 2.31. The van der Waals surface area contributed by atoms with Crippen LogP contribution < -0.4 is 5.32 Å². The minimum atomic E-state index is -0.924. The van der Waals surface area contributed by atoms with Crippen LogP contribution in [-0.2, 0) is 9.59 Å². The number of hydrogen-bond donors (Lipinski definition) is 2. The zero-order valence-electron chi connectivity index (χ0n) is 6.95. The standard InChI is InChI=1S/C7H10N2O4/c10-5-4-8-7(13)9(5)3-1-2-6(11)12/h1-4H2,(H,8,13)(H,11,12). The maximum absolute atomic E-state index is 11.0. The van der Waals surface area contributed by atoms with E-state index < -0.39 is 12.0 Å². The van der Waals surface area contributed by atoms with Gasteiger partial charge in [0, 0.05) is 13.0 Å². The highest BCUT2D eigenvalue weighted by atomic mass is 16.4. The molecule has 0 radical (unpaired) electrons. The Morgan fingerprint density at radius 3 is 2.69 bits per heavy atom. The van der Waals surface area contributed by atoms with E-state index in [1.54, 1.807) is 0 Å². The summed E-state index contributed by atoms with van der Waals surface area (Å²) in [6, 6.07) is -0.435. The highest BCUT2D eigenvalue weighted by Gasteiger charge is 2.27. The Morgan fingerprint density at radius 1 is 1.54 bits per heavy atom. The second kappa shape index (κ2) is 3.88. The molecule has 0 aromatic carbocycles. The van der Waals surface area contributed by atoms with Crippen molar-refractivity contribution in [1.29, 1.82) is 0 Å². The van der Waals surface area contributed by atoms with Crippen molar-refractivity contribution in [3.05, 3.63) is 0 Å². The number of rotatable bonds is 4. The number of nitrogens with zero attached hydrogens (tertiary/aromatic N) is 1. The fourth-order valence-corrected chi connectivity index (χ4v) is 1.07. The molecule has 0 atom stereocenters. The second-order valence-corrected chi connectivity index (χ2v) is 2.70. The van der Waals surface area contributed by atoms with E-state index in [2.05, 4.69) is 5.32 Å². The molecular formula is C7H10N2O4. The van der Waals surface area contributed by atoms with Crippen molar-refractivity contribution < 1.29 is 19.5 Å². The summed E-state index contributed by atoms with van der Waals surface area (Å²) in [7, 11) is 0. The van der Waals surface area contributed by atoms with Crippen LogP contribution in [0.5, 0.6) is 0 Å². The highest BCUT2D eigenvalue weighted by molar-refractivity contribution is 6.01. The minimum Gasteiger partial charge on any atom is -0.481 e. The van der Waals surface area contributed by atoms with Gasteiger partial charge in [-0.05, 0) is 6.42 Å². The average Bonchev–Trinajstić information content (AvgIpc) is 2.34. The lowest BCUT2D eigenvalue weighted by atomic mass is 10.3. The predicted octanol–water partition coefficient (Wildman–Crippen LogP) is -0.597. The van der Waals surface area contributed by atoms with E-state index in [-0.39, 0.29) is 25.4 Å². The molecule has 0 bridgehead atoms. The van der Waals surface area contributed by atoms with Crippen LogP contribution in [0.15, 0.2) is 0 Å². The van der Waals surface area contributed by atoms with Gasteiger partial charge in [-0.1, -0.05) is 0 Å². The molecule has 13 heavy (non-hydrogen) atoms. The van der Waals surface area contributed by atoms with Crippen LogP contribution in [0.3, 0.4) is 0 Å². The number of imide groups is 1. The number of hydrogen-bond acceptors (Lipinski definition) is 3. The van der Waals surface area contributed by atoms with E-state index in [0.717, 1.165) is 4.90 Å². The number of carboxylic acid groups (broad SMARTS) is 1. The molecule has 0 unspecified atom stereocenters. The summed E-state index contributed by atoms with van der Waals surface area (Å²) in [5.41, 5.74) is 0. The largest absolute Gasteiger partial charge is 0.481 e. The number of urea groups is 1. The fourth-order valence-electron chi connectivity index (χ4n) is 1.07. The predicted molar refractivity (Wildman–Crippen MR) is 42.0 cm³/mol. The molecule has 0 saturated carbocycles. The quantitative estimate of drug-likeness (QED) is 0.574. The van der Waals surface area contributed by atoms with Crippen LogP contribution in [0.1, 0.15) is 12.8 Å². The third-order valence-electron chi connectivity index (χ3n) is 1.71. The van der Waals surface area contributed by atoms with E-state index in [4.69, 9.17) is 5.11 Å². The molecule has 6 nitrogen and oxygen atoms in total. The third-order valence-corrected chi connectivity index (χ3v) is 1.71. The van der Waals surface area contributed by atoms with Crippen LogP contribution in [-0.4, -0.2) is 41.0 Å². The zero-order chi connectivity index (χ0) is 9.84. The van der Waals surface area contributed by atoms with Crippen molar-refractivity contribution in [3.63, 3.8) is 0 Å². The molecule has 6 heteroatoms. The Kier molecular flexibility index (Phi) is 2.84. The molecule has 1 aliphatic heterocycles. The van der Waals surface area contributed by atoms with Crippen molar-refractivity contribution in [1.82, 2.24) is 10.2 Å². The number of carbonyl (C=O) groups excluding carboxylic acids is 2. The van der Waals surface area contributed by atoms with Gasteiger partial charge in [0.25, 0.3) is 0 Å². The van der Waals surface area contributed by atoms with Gasteiger partial charge in [-0.15, -0.1) is 0 Å². The van der Waals surface area contributed by atoms with Gasteiger partial charge in [-0.25, -0.2) is 4.79 Å². The number of carboxylic acids is 1. The van der Waals surface area contributed by atoms with Gasteiger partial charge in [0.1, 0.15) is 0 Å². The summed E-state index contributed by atoms with van der Waals surface area (Å²) < 4.78 is 0. The molecule has 1 fully saturated rings. The van der Waals surface area contributed by atoms with Crippen molar-refractivity contribution in [2.45, 2.75) is 12.8 Å². The molecule has 2 N–H and O–H groups in total. The monoisotopic (exact) mass is 186 g/mol. The lowest BCUT2D eigenvalue weighted by Gasteiger charge is -2.10. The van der Waals surface area contributed by atoms with Gasteiger partial charge in [0.2, 0.25) is 5.91 Å². The van der Waals surface area contributed by atoms with Crippen molar-refractivity contribution in [3.8, 4) is 0 Å². The topological polar surface area (TPSA) is 86.7 Å². The minimum absolute atomic E-state index is 0.0197. The molecule has 72 valence electrons. The summed E-state index contributed by atoms with van der Waals surface area (Å²) in [5.74, 6) is -1.22. The molecule has 0 aromatic rings. The molecule has 1 saturated heterocycles. The summed E-state index contributed by atoms with van der Waals surface area (Å²) in [4.78, 5) is 33.0. The summed E-state index contributed by atoms with van der Waals surface area (Å²) in [6.07, 6.45) is 0.269. The number of aliphatic carboxylic acids is 1. The molecule has 1 heterocycles. The second-order valence-electron chi connectivity index (χ2n) is 2.70. The van der Waals surface area contributed by atoms with Gasteiger partial charge in [-0.2, -0.15) is 0 Å². The smallest absolute Gasteiger partial charge is 0.324 e. The van der Waals surface area contributed by atoms with E-state index in [1.807, 2.05) is 0 Å². The lowest BCUT2D eigenvalue weighted by Crippen LogP contribution is -2.32. The molecular weight excluding hydrogens is 176 g/mol. The maximum atomic E-state index is 11.0. The first-order valence-electron chi connectivity index (χ1n) is 3.91.